The minimum atomic E-state index is -0.917. The van der Waals surface area contributed by atoms with Gasteiger partial charge in [-0.1, -0.05) is 46.0 Å². The Labute approximate surface area is 162 Å². The monoisotopic (exact) mass is 373 g/mol. The molecule has 1 aromatic heterocycles. The lowest BCUT2D eigenvalue weighted by atomic mass is 10.1. The molecule has 0 fully saturated rings. The predicted octanol–water partition coefficient (Wildman–Crippen LogP) is 6.61. The highest BCUT2D eigenvalue weighted by atomic mass is 19.1. The Morgan fingerprint density at radius 2 is 1.59 bits per heavy atom. The van der Waals surface area contributed by atoms with Crippen molar-refractivity contribution in [2.24, 2.45) is 0 Å². The van der Waals surface area contributed by atoms with E-state index in [1.807, 2.05) is 36.4 Å². The molecule has 1 atom stereocenters. The number of benzene rings is 1. The minimum absolute atomic E-state index is 0.0886. The Kier molecular flexibility index (Phi) is 9.67. The number of pyridine rings is 1. The van der Waals surface area contributed by atoms with Crippen molar-refractivity contribution in [3.63, 3.8) is 0 Å². The largest absolute Gasteiger partial charge is 0.494 e. The first-order chi connectivity index (χ1) is 13.2. The van der Waals surface area contributed by atoms with Crippen molar-refractivity contribution in [1.29, 1.82) is 0 Å². The SMILES string of the molecule is CCCCCCOc1ccc(-c2ccc(OCC(F)CCCC)cn2)cc1. The third kappa shape index (κ3) is 7.98. The van der Waals surface area contributed by atoms with Crippen molar-refractivity contribution in [3.05, 3.63) is 42.6 Å². The van der Waals surface area contributed by atoms with E-state index in [1.54, 1.807) is 6.20 Å². The Hall–Kier alpha value is -2.10. The number of ether oxygens (including phenoxy) is 2. The molecule has 2 rings (SSSR count). The van der Waals surface area contributed by atoms with Crippen molar-refractivity contribution in [2.45, 2.75) is 65.0 Å². The Bertz CT molecular complexity index is 628. The van der Waals surface area contributed by atoms with Gasteiger partial charge in [0, 0.05) is 5.56 Å². The summed E-state index contributed by atoms with van der Waals surface area (Å²) in [5, 5.41) is 0. The second-order valence-electron chi connectivity index (χ2n) is 6.86. The van der Waals surface area contributed by atoms with Crippen LogP contribution in [0.4, 0.5) is 4.39 Å². The zero-order valence-electron chi connectivity index (χ0n) is 16.6. The molecule has 0 radical (unpaired) electrons. The van der Waals surface area contributed by atoms with Crippen molar-refractivity contribution in [2.75, 3.05) is 13.2 Å². The van der Waals surface area contributed by atoms with E-state index in [4.69, 9.17) is 9.47 Å². The smallest absolute Gasteiger partial charge is 0.137 e. The van der Waals surface area contributed by atoms with Gasteiger partial charge in [0.25, 0.3) is 0 Å². The van der Waals surface area contributed by atoms with Crippen LogP contribution < -0.4 is 9.47 Å². The number of alkyl halides is 1. The van der Waals surface area contributed by atoms with Crippen molar-refractivity contribution < 1.29 is 13.9 Å². The van der Waals surface area contributed by atoms with Crippen molar-refractivity contribution >= 4 is 0 Å². The first kappa shape index (κ1) is 21.2. The van der Waals surface area contributed by atoms with Crippen LogP contribution in [0.3, 0.4) is 0 Å². The number of hydrogen-bond acceptors (Lipinski definition) is 3. The fourth-order valence-corrected chi connectivity index (χ4v) is 2.77. The summed E-state index contributed by atoms with van der Waals surface area (Å²) < 4.78 is 24.9. The lowest BCUT2D eigenvalue weighted by Crippen LogP contribution is -2.12. The molecule has 0 aliphatic carbocycles. The number of hydrogen-bond donors (Lipinski definition) is 0. The van der Waals surface area contributed by atoms with Gasteiger partial charge >= 0.3 is 0 Å². The number of unbranched alkanes of at least 4 members (excludes halogenated alkanes) is 4. The molecule has 1 heterocycles. The summed E-state index contributed by atoms with van der Waals surface area (Å²) in [6.07, 6.45) is 7.98. The molecular weight excluding hydrogens is 341 g/mol. The van der Waals surface area contributed by atoms with Gasteiger partial charge in [-0.3, -0.25) is 4.98 Å². The lowest BCUT2D eigenvalue weighted by Gasteiger charge is -2.10. The van der Waals surface area contributed by atoms with Gasteiger partial charge in [-0.25, -0.2) is 4.39 Å². The molecule has 0 aliphatic rings. The standard InChI is InChI=1S/C23H32FNO2/c1-3-5-7-8-16-26-21-12-10-19(11-13-21)23-15-14-22(17-25-23)27-18-20(24)9-6-4-2/h10-15,17,20H,3-9,16,18H2,1-2H3. The van der Waals surface area contributed by atoms with Gasteiger partial charge in [-0.05, 0) is 49.2 Å². The van der Waals surface area contributed by atoms with E-state index in [9.17, 15) is 4.39 Å². The molecule has 0 amide bonds. The summed E-state index contributed by atoms with van der Waals surface area (Å²) in [5.74, 6) is 1.49. The topological polar surface area (TPSA) is 31.4 Å². The van der Waals surface area contributed by atoms with E-state index in [1.165, 1.54) is 19.3 Å². The molecule has 2 aromatic rings. The zero-order chi connectivity index (χ0) is 19.3. The molecule has 148 valence electrons. The number of rotatable bonds is 13. The summed E-state index contributed by atoms with van der Waals surface area (Å²) in [4.78, 5) is 4.43. The Morgan fingerprint density at radius 1 is 0.852 bits per heavy atom. The molecule has 1 unspecified atom stereocenters. The average Bonchev–Trinajstić information content (AvgIpc) is 2.71. The third-order valence-electron chi connectivity index (χ3n) is 4.45. The third-order valence-corrected chi connectivity index (χ3v) is 4.45. The fraction of sp³-hybridized carbons (Fsp3) is 0.522. The van der Waals surface area contributed by atoms with Crippen LogP contribution in [-0.4, -0.2) is 24.4 Å². The van der Waals surface area contributed by atoms with Gasteiger partial charge in [-0.2, -0.15) is 0 Å². The first-order valence-electron chi connectivity index (χ1n) is 10.2. The van der Waals surface area contributed by atoms with E-state index < -0.39 is 6.17 Å². The van der Waals surface area contributed by atoms with Gasteiger partial charge < -0.3 is 9.47 Å². The van der Waals surface area contributed by atoms with Gasteiger partial charge in [0.05, 0.1) is 18.5 Å². The van der Waals surface area contributed by atoms with E-state index in [0.29, 0.717) is 12.2 Å². The Balaban J connectivity index is 1.80. The second kappa shape index (κ2) is 12.3. The summed E-state index contributed by atoms with van der Waals surface area (Å²) in [6.45, 7) is 5.11. The van der Waals surface area contributed by atoms with Crippen LogP contribution in [0.25, 0.3) is 11.3 Å². The van der Waals surface area contributed by atoms with Gasteiger partial charge in [0.1, 0.15) is 24.3 Å². The van der Waals surface area contributed by atoms with E-state index in [2.05, 4.69) is 18.8 Å². The minimum Gasteiger partial charge on any atom is -0.494 e. The van der Waals surface area contributed by atoms with Crippen LogP contribution in [0.5, 0.6) is 11.5 Å². The molecule has 1 aromatic carbocycles. The molecule has 0 bridgehead atoms. The van der Waals surface area contributed by atoms with Crippen molar-refractivity contribution in [1.82, 2.24) is 4.98 Å². The van der Waals surface area contributed by atoms with E-state index >= 15 is 0 Å². The highest BCUT2D eigenvalue weighted by molar-refractivity contribution is 5.60. The molecule has 0 aliphatic heterocycles. The van der Waals surface area contributed by atoms with Gasteiger partial charge in [-0.15, -0.1) is 0 Å². The number of nitrogens with zero attached hydrogens (tertiary/aromatic N) is 1. The molecule has 0 N–H and O–H groups in total. The maximum absolute atomic E-state index is 13.6. The predicted molar refractivity (Wildman–Crippen MR) is 109 cm³/mol. The number of aromatic nitrogens is 1. The summed E-state index contributed by atoms with van der Waals surface area (Å²) in [6, 6.07) is 11.7. The molecular formula is C23H32FNO2. The van der Waals surface area contributed by atoms with Crippen LogP contribution in [0.2, 0.25) is 0 Å². The molecule has 0 saturated heterocycles. The second-order valence-corrected chi connectivity index (χ2v) is 6.86. The van der Waals surface area contributed by atoms with Gasteiger partial charge in [0.2, 0.25) is 0 Å². The lowest BCUT2D eigenvalue weighted by molar-refractivity contribution is 0.184. The summed E-state index contributed by atoms with van der Waals surface area (Å²) in [5.41, 5.74) is 1.88. The van der Waals surface area contributed by atoms with Crippen LogP contribution >= 0.6 is 0 Å². The molecule has 3 nitrogen and oxygen atoms in total. The van der Waals surface area contributed by atoms with Crippen LogP contribution in [0.15, 0.2) is 42.6 Å². The average molecular weight is 374 g/mol. The normalized spacial score (nSPS) is 12.0. The van der Waals surface area contributed by atoms with Crippen LogP contribution in [-0.2, 0) is 0 Å². The molecule has 0 saturated carbocycles. The highest BCUT2D eigenvalue weighted by Gasteiger charge is 2.07. The zero-order valence-corrected chi connectivity index (χ0v) is 16.6. The number of halogens is 1. The van der Waals surface area contributed by atoms with Crippen molar-refractivity contribution in [3.8, 4) is 22.8 Å². The van der Waals surface area contributed by atoms with Crippen LogP contribution in [0.1, 0.15) is 58.8 Å². The fourth-order valence-electron chi connectivity index (χ4n) is 2.77. The molecule has 0 spiro atoms. The first-order valence-corrected chi connectivity index (χ1v) is 10.2. The molecule has 4 heteroatoms. The maximum Gasteiger partial charge on any atom is 0.137 e. The maximum atomic E-state index is 13.6. The van der Waals surface area contributed by atoms with E-state index in [-0.39, 0.29) is 6.61 Å². The summed E-state index contributed by atoms with van der Waals surface area (Å²) in [7, 11) is 0. The van der Waals surface area contributed by atoms with Gasteiger partial charge in [0.15, 0.2) is 0 Å². The quantitative estimate of drug-likeness (QED) is 0.370. The highest BCUT2D eigenvalue weighted by Crippen LogP contribution is 2.23. The van der Waals surface area contributed by atoms with Crippen LogP contribution in [0, 0.1) is 0 Å². The molecule has 27 heavy (non-hydrogen) atoms. The van der Waals surface area contributed by atoms with E-state index in [0.717, 1.165) is 42.9 Å². The summed E-state index contributed by atoms with van der Waals surface area (Å²) >= 11 is 0. The Morgan fingerprint density at radius 3 is 2.26 bits per heavy atom.